The highest BCUT2D eigenvalue weighted by atomic mass is 16.3. The Morgan fingerprint density at radius 3 is 2.44 bits per heavy atom. The van der Waals surface area contributed by atoms with Crippen molar-refractivity contribution in [2.24, 2.45) is 5.41 Å². The molecule has 0 aliphatic heterocycles. The Morgan fingerprint density at radius 2 is 1.94 bits per heavy atom. The van der Waals surface area contributed by atoms with Gasteiger partial charge in [-0.25, -0.2) is 0 Å². The molecule has 0 bridgehead atoms. The third kappa shape index (κ3) is 8.70. The van der Waals surface area contributed by atoms with Gasteiger partial charge in [0.15, 0.2) is 0 Å². The third-order valence-electron chi connectivity index (χ3n) is 2.82. The molecule has 0 spiro atoms. The lowest BCUT2D eigenvalue weighted by atomic mass is 9.89. The normalized spacial score (nSPS) is 13.8. The Labute approximate surface area is 100 Å². The smallest absolute Gasteiger partial charge is 0.0683 e. The lowest BCUT2D eigenvalue weighted by molar-refractivity contribution is 0.163. The van der Waals surface area contributed by atoms with Crippen LogP contribution >= 0.6 is 0 Å². The molecule has 0 saturated carbocycles. The number of hydrogen-bond donors (Lipinski definition) is 1. The highest BCUT2D eigenvalue weighted by molar-refractivity contribution is 4.91. The van der Waals surface area contributed by atoms with Crippen LogP contribution in [0.15, 0.2) is 0 Å². The van der Waals surface area contributed by atoms with E-state index in [0.717, 1.165) is 38.8 Å². The minimum atomic E-state index is -0.208. The average Bonchev–Trinajstić information content (AvgIpc) is 2.21. The maximum atomic E-state index is 9.15. The summed E-state index contributed by atoms with van der Waals surface area (Å²) in [6.45, 7) is 7.80. The van der Waals surface area contributed by atoms with Crippen LogP contribution in [-0.4, -0.2) is 36.2 Å². The minimum absolute atomic E-state index is 0.182. The van der Waals surface area contributed by atoms with E-state index in [1.807, 2.05) is 20.8 Å². The number of aliphatic hydroxyl groups excluding tert-OH is 1. The third-order valence-corrected chi connectivity index (χ3v) is 2.82. The zero-order valence-electron chi connectivity index (χ0n) is 11.2. The molecule has 0 heterocycles. The van der Waals surface area contributed by atoms with Crippen LogP contribution in [0, 0.1) is 16.7 Å². The van der Waals surface area contributed by atoms with E-state index in [-0.39, 0.29) is 11.5 Å². The van der Waals surface area contributed by atoms with Crippen molar-refractivity contribution in [3.05, 3.63) is 0 Å². The van der Waals surface area contributed by atoms with Crippen LogP contribution in [0.3, 0.4) is 0 Å². The van der Waals surface area contributed by atoms with E-state index in [4.69, 9.17) is 10.4 Å². The first-order chi connectivity index (χ1) is 7.37. The van der Waals surface area contributed by atoms with Gasteiger partial charge < -0.3 is 10.0 Å². The first kappa shape index (κ1) is 15.4. The van der Waals surface area contributed by atoms with Gasteiger partial charge in [-0.1, -0.05) is 6.42 Å². The molecule has 16 heavy (non-hydrogen) atoms. The van der Waals surface area contributed by atoms with Gasteiger partial charge in [-0.05, 0) is 53.6 Å². The molecule has 1 N–H and O–H groups in total. The first-order valence-corrected chi connectivity index (χ1v) is 6.15. The largest absolute Gasteiger partial charge is 0.393 e. The zero-order chi connectivity index (χ0) is 12.6. The molecule has 0 radical (unpaired) electrons. The highest BCUT2D eigenvalue weighted by Crippen LogP contribution is 2.21. The van der Waals surface area contributed by atoms with Gasteiger partial charge in [0.25, 0.3) is 0 Å². The number of rotatable bonds is 8. The second-order valence-corrected chi connectivity index (χ2v) is 5.39. The Morgan fingerprint density at radius 1 is 1.31 bits per heavy atom. The second-order valence-electron chi connectivity index (χ2n) is 5.39. The molecule has 94 valence electrons. The van der Waals surface area contributed by atoms with E-state index >= 15 is 0 Å². The van der Waals surface area contributed by atoms with Gasteiger partial charge >= 0.3 is 0 Å². The number of nitriles is 1. The predicted octanol–water partition coefficient (Wildman–Crippen LogP) is 2.41. The van der Waals surface area contributed by atoms with Crippen molar-refractivity contribution >= 4 is 0 Å². The van der Waals surface area contributed by atoms with E-state index in [0.29, 0.717) is 0 Å². The van der Waals surface area contributed by atoms with Crippen LogP contribution in [0.1, 0.15) is 46.5 Å². The summed E-state index contributed by atoms with van der Waals surface area (Å²) in [6, 6.07) is 2.32. The maximum absolute atomic E-state index is 9.15. The molecule has 0 aliphatic rings. The predicted molar refractivity (Wildman–Crippen MR) is 67.0 cm³/mol. The van der Waals surface area contributed by atoms with Gasteiger partial charge in [-0.2, -0.15) is 5.26 Å². The molecule has 3 nitrogen and oxygen atoms in total. The van der Waals surface area contributed by atoms with E-state index in [1.54, 1.807) is 0 Å². The van der Waals surface area contributed by atoms with Crippen molar-refractivity contribution < 1.29 is 5.11 Å². The van der Waals surface area contributed by atoms with E-state index in [9.17, 15) is 0 Å². The lowest BCUT2D eigenvalue weighted by Gasteiger charge is -2.19. The Kier molecular flexibility index (Phi) is 7.36. The molecule has 0 saturated heterocycles. The monoisotopic (exact) mass is 226 g/mol. The number of nitrogens with zero attached hydrogens (tertiary/aromatic N) is 2. The van der Waals surface area contributed by atoms with Crippen molar-refractivity contribution in [1.82, 2.24) is 4.90 Å². The summed E-state index contributed by atoms with van der Waals surface area (Å²) < 4.78 is 0. The SMILES string of the molecule is CC(O)CCN(C)CCCCC(C)(C)C#N. The molecule has 0 aromatic carbocycles. The summed E-state index contributed by atoms with van der Waals surface area (Å²) >= 11 is 0. The van der Waals surface area contributed by atoms with Crippen molar-refractivity contribution in [1.29, 1.82) is 5.26 Å². The summed E-state index contributed by atoms with van der Waals surface area (Å²) in [4.78, 5) is 2.24. The van der Waals surface area contributed by atoms with Gasteiger partial charge in [0, 0.05) is 6.54 Å². The summed E-state index contributed by atoms with van der Waals surface area (Å²) in [5.41, 5.74) is -0.182. The fourth-order valence-corrected chi connectivity index (χ4v) is 1.52. The van der Waals surface area contributed by atoms with Gasteiger partial charge in [-0.3, -0.25) is 0 Å². The fraction of sp³-hybridized carbons (Fsp3) is 0.923. The van der Waals surface area contributed by atoms with Crippen LogP contribution in [0.25, 0.3) is 0 Å². The molecule has 3 heteroatoms. The van der Waals surface area contributed by atoms with Gasteiger partial charge in [0.2, 0.25) is 0 Å². The summed E-state index contributed by atoms with van der Waals surface area (Å²) in [5.74, 6) is 0. The molecular formula is C13H26N2O. The Bertz CT molecular complexity index is 218. The molecular weight excluding hydrogens is 200 g/mol. The van der Waals surface area contributed by atoms with Gasteiger partial charge in [-0.15, -0.1) is 0 Å². The van der Waals surface area contributed by atoms with Crippen molar-refractivity contribution in [3.8, 4) is 6.07 Å². The topological polar surface area (TPSA) is 47.3 Å². The highest BCUT2D eigenvalue weighted by Gasteiger charge is 2.15. The second kappa shape index (κ2) is 7.65. The molecule has 0 fully saturated rings. The van der Waals surface area contributed by atoms with E-state index < -0.39 is 0 Å². The summed E-state index contributed by atoms with van der Waals surface area (Å²) in [7, 11) is 2.08. The van der Waals surface area contributed by atoms with Gasteiger partial charge in [0.1, 0.15) is 0 Å². The first-order valence-electron chi connectivity index (χ1n) is 6.15. The molecule has 0 aromatic heterocycles. The standard InChI is InChI=1S/C13H26N2O/c1-12(16)7-10-15(4)9-6-5-8-13(2,3)11-14/h12,16H,5-10H2,1-4H3. The molecule has 1 atom stereocenters. The molecule has 0 aliphatic carbocycles. The fourth-order valence-electron chi connectivity index (χ4n) is 1.52. The maximum Gasteiger partial charge on any atom is 0.0683 e. The summed E-state index contributed by atoms with van der Waals surface area (Å²) in [5, 5.41) is 18.0. The molecule has 0 amide bonds. The average molecular weight is 226 g/mol. The van der Waals surface area contributed by atoms with Crippen LogP contribution in [0.4, 0.5) is 0 Å². The minimum Gasteiger partial charge on any atom is -0.393 e. The lowest BCUT2D eigenvalue weighted by Crippen LogP contribution is -2.23. The van der Waals surface area contributed by atoms with Gasteiger partial charge in [0.05, 0.1) is 17.6 Å². The summed E-state index contributed by atoms with van der Waals surface area (Å²) in [6.07, 6.45) is 3.81. The molecule has 1 unspecified atom stereocenters. The van der Waals surface area contributed by atoms with E-state index in [1.165, 1.54) is 0 Å². The molecule has 0 rings (SSSR count). The Balaban J connectivity index is 3.49. The molecule has 0 aromatic rings. The van der Waals surface area contributed by atoms with Crippen LogP contribution < -0.4 is 0 Å². The number of hydrogen-bond acceptors (Lipinski definition) is 3. The van der Waals surface area contributed by atoms with Crippen molar-refractivity contribution in [2.45, 2.75) is 52.6 Å². The number of aliphatic hydroxyl groups is 1. The van der Waals surface area contributed by atoms with Crippen LogP contribution in [0.5, 0.6) is 0 Å². The van der Waals surface area contributed by atoms with E-state index in [2.05, 4.69) is 18.0 Å². The van der Waals surface area contributed by atoms with Crippen LogP contribution in [-0.2, 0) is 0 Å². The zero-order valence-corrected chi connectivity index (χ0v) is 11.2. The quantitative estimate of drug-likeness (QED) is 0.647. The number of unbranched alkanes of at least 4 members (excludes halogenated alkanes) is 1. The Hall–Kier alpha value is -0.590. The van der Waals surface area contributed by atoms with Crippen molar-refractivity contribution in [3.63, 3.8) is 0 Å². The van der Waals surface area contributed by atoms with Crippen LogP contribution in [0.2, 0.25) is 0 Å². The van der Waals surface area contributed by atoms with Crippen molar-refractivity contribution in [2.75, 3.05) is 20.1 Å².